The van der Waals surface area contributed by atoms with Crippen molar-refractivity contribution >= 4 is 38.4 Å². The molecule has 1 aromatic carbocycles. The summed E-state index contributed by atoms with van der Waals surface area (Å²) < 4.78 is 1.02. The van der Waals surface area contributed by atoms with Crippen molar-refractivity contribution in [3.05, 3.63) is 34.9 Å². The van der Waals surface area contributed by atoms with Crippen LogP contribution in [0.5, 0.6) is 0 Å². The van der Waals surface area contributed by atoms with Crippen LogP contribution in [0.3, 0.4) is 0 Å². The van der Waals surface area contributed by atoms with Crippen LogP contribution in [0.4, 0.5) is 5.69 Å². The topological polar surface area (TPSA) is 54.0 Å². The zero-order valence-electron chi connectivity index (χ0n) is 12.6. The molecule has 22 heavy (non-hydrogen) atoms. The van der Waals surface area contributed by atoms with Crippen molar-refractivity contribution in [2.75, 3.05) is 12.4 Å². The summed E-state index contributed by atoms with van der Waals surface area (Å²) in [7, 11) is 1.72. The molecule has 1 aliphatic rings. The fraction of sp³-hybridized carbons (Fsp3) is 0.412. The molecule has 116 valence electrons. The molecule has 1 amide bonds. The first-order valence-electron chi connectivity index (χ1n) is 7.71. The fourth-order valence-electron chi connectivity index (χ4n) is 3.25. The number of benzene rings is 1. The molecule has 2 unspecified atom stereocenters. The Bertz CT molecular complexity index is 689. The molecule has 2 aromatic rings. The minimum atomic E-state index is 0.0393. The molecule has 1 fully saturated rings. The highest BCUT2D eigenvalue weighted by Crippen LogP contribution is 2.30. The molecule has 2 atom stereocenters. The summed E-state index contributed by atoms with van der Waals surface area (Å²) in [6, 6.07) is 8.27. The maximum Gasteiger partial charge on any atom is 0.224 e. The van der Waals surface area contributed by atoms with Gasteiger partial charge in [0.1, 0.15) is 0 Å². The molecular weight excluding hydrogens is 342 g/mol. The lowest BCUT2D eigenvalue weighted by Gasteiger charge is -2.32. The number of anilines is 1. The third-order valence-electron chi connectivity index (χ3n) is 4.39. The summed E-state index contributed by atoms with van der Waals surface area (Å²) in [5.41, 5.74) is 2.00. The number of carbonyl (C=O) groups excluding carboxylic acids is 1. The average Bonchev–Trinajstić information content (AvgIpc) is 2.54. The Morgan fingerprint density at radius 2 is 2.09 bits per heavy atom. The first-order chi connectivity index (χ1) is 10.7. The molecule has 2 N–H and O–H groups in total. The molecule has 0 aliphatic heterocycles. The van der Waals surface area contributed by atoms with Gasteiger partial charge in [-0.25, -0.2) is 0 Å². The molecule has 1 aliphatic carbocycles. The summed E-state index contributed by atoms with van der Waals surface area (Å²) in [4.78, 5) is 16.5. The fourth-order valence-corrected chi connectivity index (χ4v) is 3.60. The van der Waals surface area contributed by atoms with E-state index in [4.69, 9.17) is 0 Å². The van der Waals surface area contributed by atoms with Crippen molar-refractivity contribution in [3.63, 3.8) is 0 Å². The SMILES string of the molecule is CNC(=O)C1CCCCC1Nc1ccnc2cc(Br)ccc12. The van der Waals surface area contributed by atoms with Crippen molar-refractivity contribution in [1.82, 2.24) is 10.3 Å². The maximum atomic E-state index is 12.1. The Morgan fingerprint density at radius 3 is 2.91 bits per heavy atom. The van der Waals surface area contributed by atoms with Crippen LogP contribution < -0.4 is 10.6 Å². The van der Waals surface area contributed by atoms with Crippen molar-refractivity contribution in [3.8, 4) is 0 Å². The quantitative estimate of drug-likeness (QED) is 0.875. The molecule has 1 aromatic heterocycles. The van der Waals surface area contributed by atoms with Gasteiger partial charge in [-0.05, 0) is 37.1 Å². The van der Waals surface area contributed by atoms with Crippen LogP contribution in [-0.4, -0.2) is 24.0 Å². The van der Waals surface area contributed by atoms with E-state index in [0.29, 0.717) is 0 Å². The van der Waals surface area contributed by atoms with Gasteiger partial charge in [-0.3, -0.25) is 9.78 Å². The maximum absolute atomic E-state index is 12.1. The molecule has 5 heteroatoms. The monoisotopic (exact) mass is 361 g/mol. The van der Waals surface area contributed by atoms with E-state index in [9.17, 15) is 4.79 Å². The molecule has 0 saturated heterocycles. The van der Waals surface area contributed by atoms with Gasteiger partial charge in [0, 0.05) is 34.8 Å². The summed E-state index contributed by atoms with van der Waals surface area (Å²) in [6.07, 6.45) is 6.08. The largest absolute Gasteiger partial charge is 0.381 e. The lowest BCUT2D eigenvalue weighted by molar-refractivity contribution is -0.125. The van der Waals surface area contributed by atoms with Crippen LogP contribution in [-0.2, 0) is 4.79 Å². The summed E-state index contributed by atoms with van der Waals surface area (Å²) in [5.74, 6) is 0.177. The minimum absolute atomic E-state index is 0.0393. The lowest BCUT2D eigenvalue weighted by atomic mass is 9.83. The van der Waals surface area contributed by atoms with Crippen molar-refractivity contribution in [2.45, 2.75) is 31.7 Å². The van der Waals surface area contributed by atoms with Crippen LogP contribution in [0.2, 0.25) is 0 Å². The van der Waals surface area contributed by atoms with Crippen molar-refractivity contribution < 1.29 is 4.79 Å². The number of rotatable bonds is 3. The predicted octanol–water partition coefficient (Wildman–Crippen LogP) is 3.71. The van der Waals surface area contributed by atoms with Gasteiger partial charge in [0.15, 0.2) is 0 Å². The third-order valence-corrected chi connectivity index (χ3v) is 4.89. The molecule has 0 spiro atoms. The van der Waals surface area contributed by atoms with Crippen LogP contribution >= 0.6 is 15.9 Å². The van der Waals surface area contributed by atoms with E-state index in [0.717, 1.165) is 40.3 Å². The average molecular weight is 362 g/mol. The van der Waals surface area contributed by atoms with Gasteiger partial charge in [0.2, 0.25) is 5.91 Å². The van der Waals surface area contributed by atoms with Crippen molar-refractivity contribution in [1.29, 1.82) is 0 Å². The van der Waals surface area contributed by atoms with Gasteiger partial charge in [0.05, 0.1) is 11.4 Å². The van der Waals surface area contributed by atoms with E-state index in [2.05, 4.69) is 37.6 Å². The molecule has 4 nitrogen and oxygen atoms in total. The number of hydrogen-bond acceptors (Lipinski definition) is 3. The Kier molecular flexibility index (Phi) is 4.62. The van der Waals surface area contributed by atoms with Gasteiger partial charge in [-0.2, -0.15) is 0 Å². The number of aromatic nitrogens is 1. The van der Waals surface area contributed by atoms with E-state index in [1.807, 2.05) is 24.4 Å². The second-order valence-electron chi connectivity index (χ2n) is 5.78. The van der Waals surface area contributed by atoms with Crippen LogP contribution in [0.1, 0.15) is 25.7 Å². The number of amides is 1. The van der Waals surface area contributed by atoms with Crippen molar-refractivity contribution in [2.24, 2.45) is 5.92 Å². The highest BCUT2D eigenvalue weighted by Gasteiger charge is 2.30. The number of hydrogen-bond donors (Lipinski definition) is 2. The summed E-state index contributed by atoms with van der Waals surface area (Å²) in [5, 5.41) is 7.48. The smallest absolute Gasteiger partial charge is 0.224 e. The molecule has 1 saturated carbocycles. The first-order valence-corrected chi connectivity index (χ1v) is 8.51. The number of nitrogens with one attached hydrogen (secondary N) is 2. The number of halogens is 1. The lowest BCUT2D eigenvalue weighted by Crippen LogP contribution is -2.41. The highest BCUT2D eigenvalue weighted by molar-refractivity contribution is 9.10. The third kappa shape index (κ3) is 3.09. The minimum Gasteiger partial charge on any atom is -0.381 e. The molecule has 1 heterocycles. The number of carbonyl (C=O) groups is 1. The second kappa shape index (κ2) is 6.65. The van der Waals surface area contributed by atoms with E-state index in [1.165, 1.54) is 6.42 Å². The number of pyridine rings is 1. The predicted molar refractivity (Wildman–Crippen MR) is 92.9 cm³/mol. The van der Waals surface area contributed by atoms with Gasteiger partial charge >= 0.3 is 0 Å². The van der Waals surface area contributed by atoms with Crippen LogP contribution in [0.15, 0.2) is 34.9 Å². The van der Waals surface area contributed by atoms with Gasteiger partial charge in [0.25, 0.3) is 0 Å². The van der Waals surface area contributed by atoms with E-state index >= 15 is 0 Å². The van der Waals surface area contributed by atoms with Gasteiger partial charge < -0.3 is 10.6 Å². The zero-order chi connectivity index (χ0) is 15.5. The zero-order valence-corrected chi connectivity index (χ0v) is 14.2. The Hall–Kier alpha value is -1.62. The standard InChI is InChI=1S/C17H20BrN3O/c1-19-17(22)13-4-2-3-5-14(13)21-15-8-9-20-16-10-11(18)6-7-12(15)16/h6-10,13-14H,2-5H2,1H3,(H,19,22)(H,20,21). The van der Waals surface area contributed by atoms with E-state index < -0.39 is 0 Å². The highest BCUT2D eigenvalue weighted by atomic mass is 79.9. The Labute approximate surface area is 138 Å². The number of nitrogens with zero attached hydrogens (tertiary/aromatic N) is 1. The van der Waals surface area contributed by atoms with Gasteiger partial charge in [-0.15, -0.1) is 0 Å². The number of fused-ring (bicyclic) bond motifs is 1. The molecular formula is C17H20BrN3O. The molecule has 3 rings (SSSR count). The summed E-state index contributed by atoms with van der Waals surface area (Å²) in [6.45, 7) is 0. The van der Waals surface area contributed by atoms with E-state index in [1.54, 1.807) is 7.05 Å². The second-order valence-corrected chi connectivity index (χ2v) is 6.69. The first kappa shape index (κ1) is 15.3. The van der Waals surface area contributed by atoms with Crippen LogP contribution in [0.25, 0.3) is 10.9 Å². The van der Waals surface area contributed by atoms with E-state index in [-0.39, 0.29) is 17.9 Å². The van der Waals surface area contributed by atoms with Crippen LogP contribution in [0, 0.1) is 5.92 Å². The summed E-state index contributed by atoms with van der Waals surface area (Å²) >= 11 is 3.48. The molecule has 0 bridgehead atoms. The Balaban J connectivity index is 1.89. The normalized spacial score (nSPS) is 21.5. The molecule has 0 radical (unpaired) electrons. The van der Waals surface area contributed by atoms with Gasteiger partial charge in [-0.1, -0.05) is 28.8 Å². The Morgan fingerprint density at radius 1 is 1.27 bits per heavy atom.